The summed E-state index contributed by atoms with van der Waals surface area (Å²) in [6.07, 6.45) is 4.24. The Hall–Kier alpha value is -0.500. The number of hydrogen-bond acceptors (Lipinski definition) is 6. The summed E-state index contributed by atoms with van der Waals surface area (Å²) in [5, 5.41) is 9.96. The summed E-state index contributed by atoms with van der Waals surface area (Å²) in [5.74, 6) is 0. The van der Waals surface area contributed by atoms with Gasteiger partial charge < -0.3 is 28.8 Å². The average Bonchev–Trinajstić information content (AvgIpc) is 2.64. The molecule has 0 aliphatic rings. The van der Waals surface area contributed by atoms with Crippen LogP contribution < -0.4 is 0 Å². The molecule has 0 radical (unpaired) electrons. The zero-order valence-electron chi connectivity index (χ0n) is 17.7. The van der Waals surface area contributed by atoms with Crippen molar-refractivity contribution in [3.8, 4) is 0 Å². The highest BCUT2D eigenvalue weighted by Crippen LogP contribution is 2.01. The molecule has 6 nitrogen and oxygen atoms in total. The summed E-state index contributed by atoms with van der Waals surface area (Å²) in [6.45, 7) is 14.6. The van der Waals surface area contributed by atoms with Gasteiger partial charge in [0, 0.05) is 13.2 Å². The number of unbranched alkanes of at least 4 members (excludes halogenated alkanes) is 2. The fourth-order valence-corrected chi connectivity index (χ4v) is 2.05. The zero-order chi connectivity index (χ0) is 20.2. The lowest BCUT2D eigenvalue weighted by molar-refractivity contribution is -0.0964. The topological polar surface area (TPSA) is 66.4 Å². The van der Waals surface area contributed by atoms with Crippen LogP contribution in [-0.4, -0.2) is 76.8 Å². The van der Waals surface area contributed by atoms with E-state index >= 15 is 0 Å². The quantitative estimate of drug-likeness (QED) is 0.239. The molecule has 2 atom stereocenters. The Balaban J connectivity index is 3.92. The fraction of sp³-hybridized carbons (Fsp3) is 0.905. The molecule has 0 aliphatic carbocycles. The van der Waals surface area contributed by atoms with E-state index in [1.54, 1.807) is 0 Å². The summed E-state index contributed by atoms with van der Waals surface area (Å²) in [5.41, 5.74) is 1.12. The molecule has 0 fully saturated rings. The predicted molar refractivity (Wildman–Crippen MR) is 108 cm³/mol. The molecule has 162 valence electrons. The van der Waals surface area contributed by atoms with Gasteiger partial charge in [0.15, 0.2) is 0 Å². The smallest absolute Gasteiger partial charge is 0.104 e. The van der Waals surface area contributed by atoms with Crippen LogP contribution in [0, 0.1) is 0 Å². The number of aliphatic hydroxyl groups is 1. The Bertz CT molecular complexity index is 324. The van der Waals surface area contributed by atoms with Gasteiger partial charge in [0.2, 0.25) is 0 Å². The van der Waals surface area contributed by atoms with Gasteiger partial charge in [-0.05, 0) is 26.2 Å². The van der Waals surface area contributed by atoms with E-state index in [1.165, 1.54) is 0 Å². The minimum atomic E-state index is -0.634. The summed E-state index contributed by atoms with van der Waals surface area (Å²) in [7, 11) is 0. The van der Waals surface area contributed by atoms with Crippen LogP contribution in [0.1, 0.15) is 52.9 Å². The third-order valence-electron chi connectivity index (χ3n) is 3.77. The first-order valence-electron chi connectivity index (χ1n) is 10.3. The maximum Gasteiger partial charge on any atom is 0.104 e. The second kappa shape index (κ2) is 20.2. The van der Waals surface area contributed by atoms with Crippen molar-refractivity contribution in [3.63, 3.8) is 0 Å². The maximum atomic E-state index is 9.96. The SMILES string of the molecule is C=C(C)CCOCCOCC(COCCCC)OCC(O)COCCCC. The molecule has 0 heterocycles. The first kappa shape index (κ1) is 26.5. The van der Waals surface area contributed by atoms with Gasteiger partial charge in [-0.2, -0.15) is 0 Å². The third kappa shape index (κ3) is 20.1. The van der Waals surface area contributed by atoms with E-state index in [0.717, 1.165) is 37.7 Å². The van der Waals surface area contributed by atoms with Crippen LogP contribution in [0.5, 0.6) is 0 Å². The molecule has 0 saturated heterocycles. The lowest BCUT2D eigenvalue weighted by Gasteiger charge is -2.20. The zero-order valence-corrected chi connectivity index (χ0v) is 17.7. The third-order valence-corrected chi connectivity index (χ3v) is 3.77. The van der Waals surface area contributed by atoms with E-state index in [9.17, 15) is 5.11 Å². The largest absolute Gasteiger partial charge is 0.388 e. The molecule has 0 aromatic heterocycles. The van der Waals surface area contributed by atoms with Crippen molar-refractivity contribution in [3.05, 3.63) is 12.2 Å². The maximum absolute atomic E-state index is 9.96. The van der Waals surface area contributed by atoms with Crippen molar-refractivity contribution in [2.24, 2.45) is 0 Å². The number of hydrogen-bond donors (Lipinski definition) is 1. The monoisotopic (exact) mass is 390 g/mol. The number of aliphatic hydroxyl groups excluding tert-OH is 1. The van der Waals surface area contributed by atoms with Crippen LogP contribution >= 0.6 is 0 Å². The van der Waals surface area contributed by atoms with Gasteiger partial charge >= 0.3 is 0 Å². The van der Waals surface area contributed by atoms with Crippen LogP contribution in [0.25, 0.3) is 0 Å². The van der Waals surface area contributed by atoms with E-state index in [2.05, 4.69) is 20.4 Å². The highest BCUT2D eigenvalue weighted by atomic mass is 16.6. The second-order valence-electron chi connectivity index (χ2n) is 6.86. The van der Waals surface area contributed by atoms with Crippen molar-refractivity contribution in [1.29, 1.82) is 0 Å². The van der Waals surface area contributed by atoms with E-state index in [0.29, 0.717) is 52.9 Å². The van der Waals surface area contributed by atoms with Crippen molar-refractivity contribution in [1.82, 2.24) is 0 Å². The Labute approximate surface area is 166 Å². The van der Waals surface area contributed by atoms with Crippen LogP contribution in [-0.2, 0) is 23.7 Å². The molecule has 2 unspecified atom stereocenters. The minimum Gasteiger partial charge on any atom is -0.388 e. The standard InChI is InChI=1S/C21H42O6/c1-5-7-10-24-15-20(22)16-27-21(17-25-11-8-6-2)18-26-14-13-23-12-9-19(3)4/h20-22H,3,5-18H2,1-2,4H3. The minimum absolute atomic E-state index is 0.206. The van der Waals surface area contributed by atoms with Crippen molar-refractivity contribution < 1.29 is 28.8 Å². The fourth-order valence-electron chi connectivity index (χ4n) is 2.05. The molecule has 0 amide bonds. The van der Waals surface area contributed by atoms with Crippen LogP contribution in [0.3, 0.4) is 0 Å². The Morgan fingerprint density at radius 1 is 0.778 bits per heavy atom. The van der Waals surface area contributed by atoms with E-state index in [-0.39, 0.29) is 12.7 Å². The Morgan fingerprint density at radius 3 is 1.93 bits per heavy atom. The molecule has 6 heteroatoms. The van der Waals surface area contributed by atoms with Gasteiger partial charge in [-0.15, -0.1) is 6.58 Å². The first-order valence-corrected chi connectivity index (χ1v) is 10.3. The molecule has 0 rings (SSSR count). The molecule has 0 bridgehead atoms. The second-order valence-corrected chi connectivity index (χ2v) is 6.86. The summed E-state index contributed by atoms with van der Waals surface area (Å²) < 4.78 is 28.0. The highest BCUT2D eigenvalue weighted by molar-refractivity contribution is 4.87. The Kier molecular flexibility index (Phi) is 19.9. The van der Waals surface area contributed by atoms with E-state index < -0.39 is 6.10 Å². The van der Waals surface area contributed by atoms with Crippen LogP contribution in [0.4, 0.5) is 0 Å². The van der Waals surface area contributed by atoms with Gasteiger partial charge in [-0.25, -0.2) is 0 Å². The van der Waals surface area contributed by atoms with Gasteiger partial charge in [0.05, 0.1) is 46.2 Å². The van der Waals surface area contributed by atoms with Crippen LogP contribution in [0.2, 0.25) is 0 Å². The molecule has 0 aromatic carbocycles. The molecule has 27 heavy (non-hydrogen) atoms. The normalized spacial score (nSPS) is 13.6. The molecule has 0 spiro atoms. The highest BCUT2D eigenvalue weighted by Gasteiger charge is 2.13. The van der Waals surface area contributed by atoms with Crippen molar-refractivity contribution in [2.45, 2.75) is 65.1 Å². The van der Waals surface area contributed by atoms with Gasteiger partial charge in [-0.3, -0.25) is 0 Å². The van der Waals surface area contributed by atoms with E-state index in [4.69, 9.17) is 23.7 Å². The lowest BCUT2D eigenvalue weighted by atomic mass is 10.3. The lowest BCUT2D eigenvalue weighted by Crippen LogP contribution is -2.32. The van der Waals surface area contributed by atoms with E-state index in [1.807, 2.05) is 6.92 Å². The summed E-state index contributed by atoms with van der Waals surface area (Å²) in [4.78, 5) is 0. The Morgan fingerprint density at radius 2 is 1.33 bits per heavy atom. The van der Waals surface area contributed by atoms with Gasteiger partial charge in [-0.1, -0.05) is 32.3 Å². The molecular formula is C21H42O6. The molecule has 0 aromatic rings. The molecule has 0 saturated carbocycles. The molecule has 1 N–H and O–H groups in total. The molecular weight excluding hydrogens is 348 g/mol. The summed E-state index contributed by atoms with van der Waals surface area (Å²) >= 11 is 0. The number of ether oxygens (including phenoxy) is 5. The van der Waals surface area contributed by atoms with Gasteiger partial charge in [0.1, 0.15) is 12.2 Å². The number of rotatable bonds is 21. The van der Waals surface area contributed by atoms with Crippen LogP contribution in [0.15, 0.2) is 12.2 Å². The van der Waals surface area contributed by atoms with Crippen molar-refractivity contribution >= 4 is 0 Å². The average molecular weight is 391 g/mol. The van der Waals surface area contributed by atoms with Crippen molar-refractivity contribution in [2.75, 3.05) is 59.5 Å². The first-order chi connectivity index (χ1) is 13.1. The predicted octanol–water partition coefficient (Wildman–Crippen LogP) is 3.37. The van der Waals surface area contributed by atoms with Gasteiger partial charge in [0.25, 0.3) is 0 Å². The molecule has 0 aliphatic heterocycles. The summed E-state index contributed by atoms with van der Waals surface area (Å²) in [6, 6.07) is 0.